The Morgan fingerprint density at radius 3 is 2.87 bits per heavy atom. The van der Waals surface area contributed by atoms with Crippen molar-refractivity contribution in [3.05, 3.63) is 49.3 Å². The molecule has 23 heavy (non-hydrogen) atoms. The molecule has 1 aromatic carbocycles. The molecular formula is C17H17BrN2O2S. The summed E-state index contributed by atoms with van der Waals surface area (Å²) >= 11 is 5.16. The maximum atomic E-state index is 12.6. The Labute approximate surface area is 146 Å². The minimum atomic E-state index is -0.0890. The first kappa shape index (κ1) is 16.4. The summed E-state index contributed by atoms with van der Waals surface area (Å²) in [6.45, 7) is 4.62. The van der Waals surface area contributed by atoms with Gasteiger partial charge in [0.1, 0.15) is 10.7 Å². The summed E-state index contributed by atoms with van der Waals surface area (Å²) in [5, 5.41) is 0.667. The number of aromatic nitrogens is 2. The maximum Gasteiger partial charge on any atom is 0.260 e. The maximum absolute atomic E-state index is 12.6. The van der Waals surface area contributed by atoms with Gasteiger partial charge >= 0.3 is 0 Å². The number of H-pyrrole nitrogens is 1. The molecule has 0 aliphatic rings. The smallest absolute Gasteiger partial charge is 0.260 e. The fourth-order valence-electron chi connectivity index (χ4n) is 2.64. The lowest BCUT2D eigenvalue weighted by Crippen LogP contribution is -2.12. The van der Waals surface area contributed by atoms with Gasteiger partial charge in [0.05, 0.1) is 12.0 Å². The number of methoxy groups -OCH3 is 1. The molecule has 1 N–H and O–H groups in total. The molecule has 0 unspecified atom stereocenters. The third-order valence-electron chi connectivity index (χ3n) is 3.72. The number of nitrogens with one attached hydrogen (secondary N) is 1. The monoisotopic (exact) mass is 392 g/mol. The van der Waals surface area contributed by atoms with Crippen LogP contribution in [0.15, 0.2) is 27.5 Å². The van der Waals surface area contributed by atoms with E-state index in [4.69, 9.17) is 4.74 Å². The van der Waals surface area contributed by atoms with Gasteiger partial charge in [0.15, 0.2) is 0 Å². The van der Waals surface area contributed by atoms with E-state index in [-0.39, 0.29) is 5.56 Å². The van der Waals surface area contributed by atoms with E-state index < -0.39 is 0 Å². The fraction of sp³-hybridized carbons (Fsp3) is 0.294. The molecule has 0 radical (unpaired) electrons. The van der Waals surface area contributed by atoms with Crippen molar-refractivity contribution in [1.29, 1.82) is 0 Å². The van der Waals surface area contributed by atoms with Gasteiger partial charge in [-0.1, -0.05) is 33.6 Å². The fourth-order valence-corrected chi connectivity index (χ4v) is 4.14. The van der Waals surface area contributed by atoms with Gasteiger partial charge in [0.2, 0.25) is 0 Å². The number of ether oxygens (including phenoxy) is 1. The number of rotatable bonds is 4. The molecule has 0 aliphatic heterocycles. The molecule has 3 aromatic rings. The van der Waals surface area contributed by atoms with E-state index in [1.54, 1.807) is 18.4 Å². The highest BCUT2D eigenvalue weighted by Crippen LogP contribution is 2.39. The molecule has 4 nitrogen and oxygen atoms in total. The predicted molar refractivity (Wildman–Crippen MR) is 98.4 cm³/mol. The van der Waals surface area contributed by atoms with E-state index >= 15 is 0 Å². The van der Waals surface area contributed by atoms with Crippen molar-refractivity contribution in [2.24, 2.45) is 0 Å². The highest BCUT2D eigenvalue weighted by Gasteiger charge is 2.18. The summed E-state index contributed by atoms with van der Waals surface area (Å²) in [4.78, 5) is 22.0. The first-order chi connectivity index (χ1) is 11.0. The third-order valence-corrected chi connectivity index (χ3v) is 5.41. The van der Waals surface area contributed by atoms with Gasteiger partial charge in [0.25, 0.3) is 5.56 Å². The molecule has 2 heterocycles. The Bertz CT molecular complexity index is 930. The van der Waals surface area contributed by atoms with Crippen LogP contribution < -0.4 is 5.56 Å². The van der Waals surface area contributed by atoms with Crippen LogP contribution in [-0.4, -0.2) is 23.7 Å². The highest BCUT2D eigenvalue weighted by molar-refractivity contribution is 9.10. The number of nitrogens with zero attached hydrogens (tertiary/aromatic N) is 1. The van der Waals surface area contributed by atoms with Crippen molar-refractivity contribution in [2.45, 2.75) is 20.3 Å². The molecule has 0 spiro atoms. The quantitative estimate of drug-likeness (QED) is 0.722. The average molecular weight is 393 g/mol. The summed E-state index contributed by atoms with van der Waals surface area (Å²) < 4.78 is 6.04. The zero-order valence-electron chi connectivity index (χ0n) is 13.2. The molecule has 120 valence electrons. The zero-order valence-corrected chi connectivity index (χ0v) is 15.6. The number of hydrogen-bond acceptors (Lipinski definition) is 4. The van der Waals surface area contributed by atoms with Gasteiger partial charge < -0.3 is 9.72 Å². The normalized spacial score (nSPS) is 11.3. The van der Waals surface area contributed by atoms with Crippen LogP contribution in [0.25, 0.3) is 21.3 Å². The lowest BCUT2D eigenvalue weighted by molar-refractivity contribution is 0.200. The molecular weight excluding hydrogens is 376 g/mol. The lowest BCUT2D eigenvalue weighted by atomic mass is 10.0. The van der Waals surface area contributed by atoms with Gasteiger partial charge in [-0.2, -0.15) is 0 Å². The molecule has 2 aromatic heterocycles. The Balaban J connectivity index is 2.24. The second-order valence-corrected chi connectivity index (χ2v) is 7.51. The second-order valence-electron chi connectivity index (χ2n) is 5.45. The van der Waals surface area contributed by atoms with Crippen LogP contribution in [0.3, 0.4) is 0 Å². The molecule has 0 fully saturated rings. The SMILES string of the molecule is COCCc1nc2sc(C)c(-c3cc(C)ccc3Br)c2c(=O)[nH]1. The van der Waals surface area contributed by atoms with Crippen molar-refractivity contribution in [3.8, 4) is 11.1 Å². The molecule has 3 rings (SSSR count). The van der Waals surface area contributed by atoms with Gasteiger partial charge in [-0.25, -0.2) is 4.98 Å². The molecule has 0 bridgehead atoms. The Morgan fingerprint density at radius 2 is 2.13 bits per heavy atom. The second kappa shape index (κ2) is 6.55. The van der Waals surface area contributed by atoms with Crippen molar-refractivity contribution >= 4 is 37.5 Å². The van der Waals surface area contributed by atoms with Crippen LogP contribution >= 0.6 is 27.3 Å². The van der Waals surface area contributed by atoms with E-state index in [1.807, 2.05) is 26.0 Å². The Hall–Kier alpha value is -1.50. The van der Waals surface area contributed by atoms with E-state index in [1.165, 1.54) is 0 Å². The molecule has 0 aliphatic carbocycles. The number of halogens is 1. The van der Waals surface area contributed by atoms with E-state index in [0.29, 0.717) is 24.2 Å². The molecule has 0 atom stereocenters. The number of benzene rings is 1. The molecule has 0 saturated carbocycles. The standard InChI is InChI=1S/C17H17BrN2O2S/c1-9-4-5-12(18)11(8-9)14-10(2)23-17-15(14)16(21)19-13(20-17)6-7-22-3/h4-5,8H,6-7H2,1-3H3,(H,19,20,21). The summed E-state index contributed by atoms with van der Waals surface area (Å²) in [5.41, 5.74) is 3.07. The predicted octanol–water partition coefficient (Wildman–Crippen LogP) is 4.22. The van der Waals surface area contributed by atoms with Crippen LogP contribution in [-0.2, 0) is 11.2 Å². The van der Waals surface area contributed by atoms with Crippen LogP contribution in [0.2, 0.25) is 0 Å². The number of hydrogen-bond donors (Lipinski definition) is 1. The summed E-state index contributed by atoms with van der Waals surface area (Å²) in [6.07, 6.45) is 0.599. The first-order valence-electron chi connectivity index (χ1n) is 7.29. The van der Waals surface area contributed by atoms with E-state index in [9.17, 15) is 4.79 Å². The highest BCUT2D eigenvalue weighted by atomic mass is 79.9. The summed E-state index contributed by atoms with van der Waals surface area (Å²) in [7, 11) is 1.64. The summed E-state index contributed by atoms with van der Waals surface area (Å²) in [6, 6.07) is 6.15. The van der Waals surface area contributed by atoms with Crippen LogP contribution in [0.1, 0.15) is 16.3 Å². The van der Waals surface area contributed by atoms with Crippen LogP contribution in [0.4, 0.5) is 0 Å². The Kier molecular flexibility index (Phi) is 4.66. The summed E-state index contributed by atoms with van der Waals surface area (Å²) in [5.74, 6) is 0.667. The van der Waals surface area contributed by atoms with E-state index in [0.717, 1.165) is 30.9 Å². The Morgan fingerprint density at radius 1 is 1.35 bits per heavy atom. The minimum Gasteiger partial charge on any atom is -0.384 e. The molecule has 0 saturated heterocycles. The topological polar surface area (TPSA) is 55.0 Å². The van der Waals surface area contributed by atoms with Gasteiger partial charge in [0, 0.05) is 28.4 Å². The van der Waals surface area contributed by atoms with Gasteiger partial charge in [-0.3, -0.25) is 4.79 Å². The lowest BCUT2D eigenvalue weighted by Gasteiger charge is -2.07. The van der Waals surface area contributed by atoms with Crippen LogP contribution in [0, 0.1) is 13.8 Å². The number of thiophene rings is 1. The number of aryl methyl sites for hydroxylation is 2. The number of fused-ring (bicyclic) bond motifs is 1. The molecule has 6 heteroatoms. The third kappa shape index (κ3) is 3.11. The zero-order chi connectivity index (χ0) is 16.6. The minimum absolute atomic E-state index is 0.0890. The van der Waals surface area contributed by atoms with Crippen molar-refractivity contribution in [1.82, 2.24) is 9.97 Å². The molecule has 0 amide bonds. The van der Waals surface area contributed by atoms with E-state index in [2.05, 4.69) is 32.0 Å². The van der Waals surface area contributed by atoms with Crippen LogP contribution in [0.5, 0.6) is 0 Å². The van der Waals surface area contributed by atoms with Crippen molar-refractivity contribution in [2.75, 3.05) is 13.7 Å². The van der Waals surface area contributed by atoms with Gasteiger partial charge in [-0.05, 0) is 25.5 Å². The van der Waals surface area contributed by atoms with Gasteiger partial charge in [-0.15, -0.1) is 11.3 Å². The van der Waals surface area contributed by atoms with Crippen molar-refractivity contribution in [3.63, 3.8) is 0 Å². The first-order valence-corrected chi connectivity index (χ1v) is 8.90. The largest absolute Gasteiger partial charge is 0.384 e. The average Bonchev–Trinajstić information content (AvgIpc) is 2.84. The number of aromatic amines is 1. The van der Waals surface area contributed by atoms with Crippen molar-refractivity contribution < 1.29 is 4.74 Å².